The first-order valence-electron chi connectivity index (χ1n) is 2.81. The van der Waals surface area contributed by atoms with Crippen molar-refractivity contribution in [1.29, 1.82) is 0 Å². The van der Waals surface area contributed by atoms with Crippen LogP contribution in [0.15, 0.2) is 0 Å². The lowest BCUT2D eigenvalue weighted by Gasteiger charge is -1.97. The summed E-state index contributed by atoms with van der Waals surface area (Å²) in [5.74, 6) is 3.71. The van der Waals surface area contributed by atoms with Gasteiger partial charge in [-0.05, 0) is 0 Å². The van der Waals surface area contributed by atoms with Gasteiger partial charge in [0, 0.05) is 13.5 Å². The highest BCUT2D eigenvalue weighted by Gasteiger charge is 2.03. The van der Waals surface area contributed by atoms with Crippen LogP contribution in [0.3, 0.4) is 0 Å². The van der Waals surface area contributed by atoms with Crippen LogP contribution in [0, 0.1) is 0 Å². The molecule has 5 nitrogen and oxygen atoms in total. The summed E-state index contributed by atoms with van der Waals surface area (Å²) >= 11 is 0. The maximum atomic E-state index is 10.5. The van der Waals surface area contributed by atoms with Crippen LogP contribution >= 0.6 is 0 Å². The maximum Gasteiger partial charge on any atom is 0.314 e. The lowest BCUT2D eigenvalue weighted by atomic mass is 10.4. The standard InChI is InChI=1S/C5H10N2O3/c1-4(8)10-5(9)2-3-7-6/h7H,2-3,6H2,1H3. The van der Waals surface area contributed by atoms with Crippen LogP contribution < -0.4 is 11.3 Å². The molecule has 0 amide bonds. The molecule has 0 saturated carbocycles. The Balaban J connectivity index is 3.35. The maximum absolute atomic E-state index is 10.5. The number of esters is 2. The molecular formula is C5H10N2O3. The molecule has 0 atom stereocenters. The number of nitrogens with two attached hydrogens (primary N) is 1. The van der Waals surface area contributed by atoms with Gasteiger partial charge in [0.1, 0.15) is 0 Å². The van der Waals surface area contributed by atoms with Crippen molar-refractivity contribution >= 4 is 11.9 Å². The second-order valence-corrected chi connectivity index (χ2v) is 1.67. The zero-order chi connectivity index (χ0) is 7.98. The van der Waals surface area contributed by atoms with E-state index in [1.807, 2.05) is 0 Å². The molecule has 0 fully saturated rings. The van der Waals surface area contributed by atoms with E-state index in [2.05, 4.69) is 10.2 Å². The SMILES string of the molecule is CC(=O)OC(=O)CCNN. The number of rotatable bonds is 3. The highest BCUT2D eigenvalue weighted by Crippen LogP contribution is 1.83. The lowest BCUT2D eigenvalue weighted by molar-refractivity contribution is -0.157. The van der Waals surface area contributed by atoms with E-state index >= 15 is 0 Å². The topological polar surface area (TPSA) is 81.4 Å². The van der Waals surface area contributed by atoms with E-state index in [9.17, 15) is 9.59 Å². The fraction of sp³-hybridized carbons (Fsp3) is 0.600. The summed E-state index contributed by atoms with van der Waals surface area (Å²) in [5, 5.41) is 0. The van der Waals surface area contributed by atoms with Gasteiger partial charge in [-0.25, -0.2) is 0 Å². The number of carbonyl (C=O) groups is 2. The third-order valence-corrected chi connectivity index (χ3v) is 0.731. The van der Waals surface area contributed by atoms with Gasteiger partial charge in [0.2, 0.25) is 0 Å². The minimum Gasteiger partial charge on any atom is -0.393 e. The number of hydrogen-bond acceptors (Lipinski definition) is 5. The summed E-state index contributed by atoms with van der Waals surface area (Å²) < 4.78 is 4.18. The fourth-order valence-electron chi connectivity index (χ4n) is 0.386. The molecular weight excluding hydrogens is 136 g/mol. The molecule has 0 aromatic carbocycles. The van der Waals surface area contributed by atoms with Crippen LogP contribution in [0.5, 0.6) is 0 Å². The Morgan fingerprint density at radius 3 is 2.60 bits per heavy atom. The van der Waals surface area contributed by atoms with Gasteiger partial charge in [-0.1, -0.05) is 0 Å². The average Bonchev–Trinajstić information content (AvgIpc) is 1.82. The number of hydrogen-bond donors (Lipinski definition) is 2. The van der Waals surface area contributed by atoms with Crippen molar-refractivity contribution in [2.75, 3.05) is 6.54 Å². The zero-order valence-corrected chi connectivity index (χ0v) is 5.72. The van der Waals surface area contributed by atoms with E-state index in [0.717, 1.165) is 0 Å². The summed E-state index contributed by atoms with van der Waals surface area (Å²) in [7, 11) is 0. The minimum atomic E-state index is -0.595. The molecule has 0 radical (unpaired) electrons. The van der Waals surface area contributed by atoms with E-state index in [1.54, 1.807) is 0 Å². The molecule has 58 valence electrons. The van der Waals surface area contributed by atoms with E-state index in [4.69, 9.17) is 5.84 Å². The highest BCUT2D eigenvalue weighted by atomic mass is 16.6. The molecule has 10 heavy (non-hydrogen) atoms. The van der Waals surface area contributed by atoms with Crippen LogP contribution in [0.4, 0.5) is 0 Å². The van der Waals surface area contributed by atoms with Crippen molar-refractivity contribution in [1.82, 2.24) is 5.43 Å². The summed E-state index contributed by atoms with van der Waals surface area (Å²) in [4.78, 5) is 20.6. The predicted molar refractivity (Wildman–Crippen MR) is 33.6 cm³/mol. The van der Waals surface area contributed by atoms with E-state index in [-0.39, 0.29) is 6.42 Å². The van der Waals surface area contributed by atoms with Gasteiger partial charge < -0.3 is 4.74 Å². The zero-order valence-electron chi connectivity index (χ0n) is 5.72. The lowest BCUT2D eigenvalue weighted by Crippen LogP contribution is -2.25. The predicted octanol–water partition coefficient (Wildman–Crippen LogP) is -1.07. The van der Waals surface area contributed by atoms with Crippen molar-refractivity contribution in [3.05, 3.63) is 0 Å². The molecule has 0 aliphatic rings. The van der Waals surface area contributed by atoms with Crippen molar-refractivity contribution in [3.8, 4) is 0 Å². The molecule has 0 saturated heterocycles. The van der Waals surface area contributed by atoms with Gasteiger partial charge >= 0.3 is 11.9 Å². The first kappa shape index (κ1) is 9.06. The number of nitrogens with one attached hydrogen (secondary N) is 1. The Morgan fingerprint density at radius 2 is 2.20 bits per heavy atom. The van der Waals surface area contributed by atoms with E-state index < -0.39 is 11.9 Å². The Kier molecular flexibility index (Phi) is 4.43. The highest BCUT2D eigenvalue weighted by molar-refractivity contribution is 5.84. The molecule has 0 heterocycles. The molecule has 0 spiro atoms. The van der Waals surface area contributed by atoms with Gasteiger partial charge in [0.15, 0.2) is 0 Å². The van der Waals surface area contributed by atoms with Crippen molar-refractivity contribution in [2.45, 2.75) is 13.3 Å². The molecule has 0 rings (SSSR count). The smallest absolute Gasteiger partial charge is 0.314 e. The van der Waals surface area contributed by atoms with Gasteiger partial charge in [-0.2, -0.15) is 0 Å². The third kappa shape index (κ3) is 5.20. The first-order valence-corrected chi connectivity index (χ1v) is 2.81. The monoisotopic (exact) mass is 146 g/mol. The second-order valence-electron chi connectivity index (χ2n) is 1.67. The molecule has 0 aliphatic carbocycles. The quantitative estimate of drug-likeness (QED) is 0.229. The van der Waals surface area contributed by atoms with Crippen molar-refractivity contribution < 1.29 is 14.3 Å². The summed E-state index contributed by atoms with van der Waals surface area (Å²) in [5.41, 5.74) is 2.26. The van der Waals surface area contributed by atoms with Crippen LogP contribution in [-0.4, -0.2) is 18.5 Å². The second kappa shape index (κ2) is 4.89. The molecule has 0 aliphatic heterocycles. The van der Waals surface area contributed by atoms with Crippen LogP contribution in [-0.2, 0) is 14.3 Å². The summed E-state index contributed by atoms with van der Waals surface area (Å²) in [6, 6.07) is 0. The van der Waals surface area contributed by atoms with Crippen molar-refractivity contribution in [2.24, 2.45) is 5.84 Å². The van der Waals surface area contributed by atoms with Crippen molar-refractivity contribution in [3.63, 3.8) is 0 Å². The minimum absolute atomic E-state index is 0.107. The van der Waals surface area contributed by atoms with Gasteiger partial charge in [0.05, 0.1) is 6.42 Å². The van der Waals surface area contributed by atoms with E-state index in [0.29, 0.717) is 6.54 Å². The summed E-state index contributed by atoms with van der Waals surface area (Å²) in [6.45, 7) is 1.49. The number of hydrazine groups is 1. The third-order valence-electron chi connectivity index (χ3n) is 0.731. The molecule has 5 heteroatoms. The Labute approximate surface area is 58.5 Å². The Bertz CT molecular complexity index is 135. The average molecular weight is 146 g/mol. The largest absolute Gasteiger partial charge is 0.393 e. The number of ether oxygens (including phenoxy) is 1. The molecule has 3 N–H and O–H groups in total. The van der Waals surface area contributed by atoms with Gasteiger partial charge in [0.25, 0.3) is 0 Å². The first-order chi connectivity index (χ1) is 4.66. The van der Waals surface area contributed by atoms with Crippen LogP contribution in [0.1, 0.15) is 13.3 Å². The molecule has 0 aromatic heterocycles. The Morgan fingerprint density at radius 1 is 1.60 bits per heavy atom. The van der Waals surface area contributed by atoms with Gasteiger partial charge in [-0.15, -0.1) is 0 Å². The number of carbonyl (C=O) groups excluding carboxylic acids is 2. The summed E-state index contributed by atoms with van der Waals surface area (Å²) in [6.07, 6.45) is 0.107. The van der Waals surface area contributed by atoms with Gasteiger partial charge in [-0.3, -0.25) is 20.9 Å². The molecule has 0 unspecified atom stereocenters. The fourth-order valence-corrected chi connectivity index (χ4v) is 0.386. The van der Waals surface area contributed by atoms with Crippen LogP contribution in [0.2, 0.25) is 0 Å². The Hall–Kier alpha value is -0.940. The molecule has 0 aromatic rings. The van der Waals surface area contributed by atoms with E-state index in [1.165, 1.54) is 6.92 Å². The normalized spacial score (nSPS) is 9.00. The molecule has 0 bridgehead atoms. The van der Waals surface area contributed by atoms with Crippen LogP contribution in [0.25, 0.3) is 0 Å².